The Hall–Kier alpha value is -3.02. The number of hydrogen-bond acceptors (Lipinski definition) is 4. The molecule has 4 rings (SSSR count). The Bertz CT molecular complexity index is 985. The molecule has 0 atom stereocenters. The zero-order chi connectivity index (χ0) is 17.9. The number of benzene rings is 1. The monoisotopic (exact) mass is 348 g/mol. The van der Waals surface area contributed by atoms with Crippen molar-refractivity contribution in [1.29, 1.82) is 0 Å². The summed E-state index contributed by atoms with van der Waals surface area (Å²) in [5.41, 5.74) is 0.489. The summed E-state index contributed by atoms with van der Waals surface area (Å²) in [4.78, 5) is 35.0. The van der Waals surface area contributed by atoms with Gasteiger partial charge in [-0.25, -0.2) is 4.98 Å². The zero-order valence-corrected chi connectivity index (χ0v) is 14.4. The lowest BCUT2D eigenvalue weighted by atomic mass is 9.96. The maximum absolute atomic E-state index is 12.9. The smallest absolute Gasteiger partial charge is 0.273 e. The molecule has 0 spiro atoms. The minimum Gasteiger partial charge on any atom is -0.337 e. The maximum Gasteiger partial charge on any atom is 0.273 e. The molecule has 1 saturated heterocycles. The second-order valence-corrected chi connectivity index (χ2v) is 6.69. The van der Waals surface area contributed by atoms with Crippen molar-refractivity contribution in [2.45, 2.75) is 19.4 Å². The predicted molar refractivity (Wildman–Crippen MR) is 98.9 cm³/mol. The number of fused-ring (bicyclic) bond motifs is 1. The van der Waals surface area contributed by atoms with E-state index in [4.69, 9.17) is 0 Å². The van der Waals surface area contributed by atoms with Gasteiger partial charge in [0.2, 0.25) is 0 Å². The fraction of sp³-hybridized carbons (Fsp3) is 0.300. The molecule has 0 radical (unpaired) electrons. The molecule has 1 amide bonds. The lowest BCUT2D eigenvalue weighted by molar-refractivity contribution is 0.0678. The van der Waals surface area contributed by atoms with Crippen LogP contribution in [0.2, 0.25) is 0 Å². The van der Waals surface area contributed by atoms with Crippen LogP contribution in [0.3, 0.4) is 0 Å². The number of nitrogens with zero attached hydrogens (tertiary/aromatic N) is 4. The minimum atomic E-state index is -0.0292. The number of piperidine rings is 1. The average molecular weight is 348 g/mol. The van der Waals surface area contributed by atoms with Crippen LogP contribution in [-0.4, -0.2) is 38.4 Å². The van der Waals surface area contributed by atoms with E-state index in [2.05, 4.69) is 9.97 Å². The fourth-order valence-corrected chi connectivity index (χ4v) is 3.55. The Balaban J connectivity index is 1.45. The van der Waals surface area contributed by atoms with Crippen LogP contribution in [0.4, 0.5) is 0 Å². The van der Waals surface area contributed by atoms with Gasteiger partial charge in [0.15, 0.2) is 0 Å². The molecule has 26 heavy (non-hydrogen) atoms. The highest BCUT2D eigenvalue weighted by Gasteiger charge is 2.25. The van der Waals surface area contributed by atoms with Gasteiger partial charge in [0.25, 0.3) is 11.5 Å². The topological polar surface area (TPSA) is 68.1 Å². The number of carbonyl (C=O) groups excluding carboxylic acids is 1. The van der Waals surface area contributed by atoms with E-state index in [1.165, 1.54) is 12.3 Å². The molecule has 1 aromatic carbocycles. The van der Waals surface area contributed by atoms with Crippen molar-refractivity contribution >= 4 is 16.7 Å². The van der Waals surface area contributed by atoms with Gasteiger partial charge >= 0.3 is 0 Å². The quantitative estimate of drug-likeness (QED) is 0.729. The van der Waals surface area contributed by atoms with Crippen molar-refractivity contribution in [2.24, 2.45) is 5.92 Å². The molecule has 0 saturated carbocycles. The molecule has 132 valence electrons. The lowest BCUT2D eigenvalue weighted by Gasteiger charge is -2.32. The molecule has 1 aliphatic rings. The van der Waals surface area contributed by atoms with Crippen LogP contribution in [0.25, 0.3) is 10.8 Å². The third-order valence-corrected chi connectivity index (χ3v) is 5.03. The van der Waals surface area contributed by atoms with Crippen LogP contribution >= 0.6 is 0 Å². The molecule has 0 unspecified atom stereocenters. The standard InChI is InChI=1S/C20H20N4O2/c25-18-6-9-21-14-24(18)13-15-7-11-23(12-8-15)20(26)19-17-4-2-1-3-16(17)5-10-22-19/h1-6,9-10,14-15H,7-8,11-13H2. The van der Waals surface area contributed by atoms with Crippen molar-refractivity contribution in [1.82, 2.24) is 19.4 Å². The Morgan fingerprint density at radius 3 is 2.69 bits per heavy atom. The van der Waals surface area contributed by atoms with Crippen LogP contribution in [0, 0.1) is 5.92 Å². The number of rotatable bonds is 3. The van der Waals surface area contributed by atoms with Crippen LogP contribution in [-0.2, 0) is 6.54 Å². The summed E-state index contributed by atoms with van der Waals surface area (Å²) < 4.78 is 1.65. The first-order valence-corrected chi connectivity index (χ1v) is 8.86. The van der Waals surface area contributed by atoms with Gasteiger partial charge in [-0.15, -0.1) is 0 Å². The van der Waals surface area contributed by atoms with Crippen LogP contribution < -0.4 is 5.56 Å². The van der Waals surface area contributed by atoms with Gasteiger partial charge in [-0.1, -0.05) is 24.3 Å². The van der Waals surface area contributed by atoms with E-state index in [1.807, 2.05) is 35.2 Å². The van der Waals surface area contributed by atoms with E-state index in [-0.39, 0.29) is 11.5 Å². The van der Waals surface area contributed by atoms with Crippen LogP contribution in [0.1, 0.15) is 23.3 Å². The molecule has 0 aliphatic carbocycles. The summed E-state index contributed by atoms with van der Waals surface area (Å²) in [6.07, 6.45) is 6.53. The summed E-state index contributed by atoms with van der Waals surface area (Å²) >= 11 is 0. The average Bonchev–Trinajstić information content (AvgIpc) is 2.69. The van der Waals surface area contributed by atoms with E-state index in [0.717, 1.165) is 23.6 Å². The second-order valence-electron chi connectivity index (χ2n) is 6.69. The molecule has 6 heteroatoms. The molecule has 0 N–H and O–H groups in total. The van der Waals surface area contributed by atoms with Gasteiger partial charge in [-0.3, -0.25) is 19.1 Å². The van der Waals surface area contributed by atoms with E-state index >= 15 is 0 Å². The van der Waals surface area contributed by atoms with Crippen molar-refractivity contribution in [3.8, 4) is 0 Å². The lowest BCUT2D eigenvalue weighted by Crippen LogP contribution is -2.40. The van der Waals surface area contributed by atoms with E-state index in [0.29, 0.717) is 31.2 Å². The molecular formula is C20H20N4O2. The van der Waals surface area contributed by atoms with Crippen molar-refractivity contribution in [3.63, 3.8) is 0 Å². The number of hydrogen-bond donors (Lipinski definition) is 0. The van der Waals surface area contributed by atoms with Crippen molar-refractivity contribution in [3.05, 3.63) is 71.2 Å². The Kier molecular flexibility index (Phi) is 4.48. The fourth-order valence-electron chi connectivity index (χ4n) is 3.55. The highest BCUT2D eigenvalue weighted by molar-refractivity contribution is 6.05. The number of aromatic nitrogens is 3. The zero-order valence-electron chi connectivity index (χ0n) is 14.4. The van der Waals surface area contributed by atoms with Crippen molar-refractivity contribution in [2.75, 3.05) is 13.1 Å². The first-order chi connectivity index (χ1) is 12.7. The van der Waals surface area contributed by atoms with Gasteiger partial charge in [-0.05, 0) is 30.2 Å². The van der Waals surface area contributed by atoms with Gasteiger partial charge in [0.1, 0.15) is 5.69 Å². The first-order valence-electron chi connectivity index (χ1n) is 8.86. The molecule has 3 aromatic rings. The maximum atomic E-state index is 12.9. The van der Waals surface area contributed by atoms with E-state index in [9.17, 15) is 9.59 Å². The van der Waals surface area contributed by atoms with Gasteiger partial charge in [0, 0.05) is 43.5 Å². The molecule has 2 aromatic heterocycles. The summed E-state index contributed by atoms with van der Waals surface area (Å²) in [7, 11) is 0. The molecule has 3 heterocycles. The minimum absolute atomic E-state index is 0.0150. The molecule has 1 fully saturated rings. The number of pyridine rings is 1. The van der Waals surface area contributed by atoms with Gasteiger partial charge < -0.3 is 4.90 Å². The summed E-state index contributed by atoms with van der Waals surface area (Å²) in [5, 5.41) is 1.92. The Morgan fingerprint density at radius 1 is 1.08 bits per heavy atom. The van der Waals surface area contributed by atoms with Crippen LogP contribution in [0.5, 0.6) is 0 Å². The van der Waals surface area contributed by atoms with E-state index in [1.54, 1.807) is 17.1 Å². The summed E-state index contributed by atoms with van der Waals surface area (Å²) in [6, 6.07) is 11.2. The van der Waals surface area contributed by atoms with Crippen LogP contribution in [0.15, 0.2) is 59.9 Å². The van der Waals surface area contributed by atoms with Gasteiger partial charge in [-0.2, -0.15) is 0 Å². The molecular weight excluding hydrogens is 328 g/mol. The number of likely N-dealkylation sites (tertiary alicyclic amines) is 1. The van der Waals surface area contributed by atoms with Gasteiger partial charge in [0.05, 0.1) is 6.33 Å². The highest BCUT2D eigenvalue weighted by Crippen LogP contribution is 2.22. The van der Waals surface area contributed by atoms with Crippen molar-refractivity contribution < 1.29 is 4.79 Å². The SMILES string of the molecule is O=C(c1nccc2ccccc12)N1CCC(Cn2cnccc2=O)CC1. The number of carbonyl (C=O) groups is 1. The summed E-state index contributed by atoms with van der Waals surface area (Å²) in [6.45, 7) is 2.02. The Labute approximate surface area is 151 Å². The molecule has 6 nitrogen and oxygen atoms in total. The third kappa shape index (κ3) is 3.22. The highest BCUT2D eigenvalue weighted by atomic mass is 16.2. The second kappa shape index (κ2) is 7.07. The predicted octanol–water partition coefficient (Wildman–Crippen LogP) is 2.34. The third-order valence-electron chi connectivity index (χ3n) is 5.03. The number of amides is 1. The normalized spacial score (nSPS) is 15.3. The summed E-state index contributed by atoms with van der Waals surface area (Å²) in [5.74, 6) is 0.361. The molecule has 1 aliphatic heterocycles. The molecule has 0 bridgehead atoms. The van der Waals surface area contributed by atoms with E-state index < -0.39 is 0 Å². The first kappa shape index (κ1) is 16.4. The Morgan fingerprint density at radius 2 is 1.88 bits per heavy atom. The largest absolute Gasteiger partial charge is 0.337 e.